The van der Waals surface area contributed by atoms with Crippen LogP contribution in [0.4, 0.5) is 5.69 Å². The maximum absolute atomic E-state index is 12.0. The number of hydrogen-bond acceptors (Lipinski definition) is 4. The number of amides is 2. The Hall–Kier alpha value is -3.15. The van der Waals surface area contributed by atoms with E-state index < -0.39 is 18.5 Å². The van der Waals surface area contributed by atoms with Crippen molar-refractivity contribution in [1.29, 1.82) is 0 Å². The van der Waals surface area contributed by atoms with Gasteiger partial charge in [0, 0.05) is 5.69 Å². The average molecular weight is 368 g/mol. The number of carbonyl (C=O) groups is 3. The van der Waals surface area contributed by atoms with Crippen molar-refractivity contribution in [3.05, 3.63) is 64.2 Å². The second-order valence-electron chi connectivity index (χ2n) is 6.45. The van der Waals surface area contributed by atoms with Gasteiger partial charge < -0.3 is 15.4 Å². The van der Waals surface area contributed by atoms with Gasteiger partial charge in [0.05, 0.1) is 12.1 Å². The van der Waals surface area contributed by atoms with Crippen LogP contribution >= 0.6 is 0 Å². The summed E-state index contributed by atoms with van der Waals surface area (Å²) in [5, 5.41) is 5.18. The first kappa shape index (κ1) is 20.2. The van der Waals surface area contributed by atoms with Crippen LogP contribution in [0.5, 0.6) is 0 Å². The van der Waals surface area contributed by atoms with Gasteiger partial charge in [0.1, 0.15) is 0 Å². The summed E-state index contributed by atoms with van der Waals surface area (Å²) in [6.45, 7) is 7.07. The van der Waals surface area contributed by atoms with Crippen molar-refractivity contribution in [2.24, 2.45) is 0 Å². The summed E-state index contributed by atoms with van der Waals surface area (Å²) in [5.74, 6) is -1.46. The Morgan fingerprint density at radius 1 is 0.889 bits per heavy atom. The number of ether oxygens (including phenoxy) is 1. The minimum absolute atomic E-state index is 0.201. The van der Waals surface area contributed by atoms with E-state index in [0.29, 0.717) is 11.3 Å². The molecule has 0 unspecified atom stereocenters. The summed E-state index contributed by atoms with van der Waals surface area (Å²) in [6.07, 6.45) is 0. The topological polar surface area (TPSA) is 84.5 Å². The van der Waals surface area contributed by atoms with Gasteiger partial charge in [-0.2, -0.15) is 0 Å². The molecule has 2 rings (SSSR count). The van der Waals surface area contributed by atoms with Gasteiger partial charge in [0.2, 0.25) is 5.91 Å². The van der Waals surface area contributed by atoms with Crippen LogP contribution in [0.2, 0.25) is 0 Å². The van der Waals surface area contributed by atoms with Crippen molar-refractivity contribution in [2.75, 3.05) is 18.5 Å². The first-order chi connectivity index (χ1) is 12.8. The molecule has 0 radical (unpaired) electrons. The number of nitrogens with one attached hydrogen (secondary N) is 2. The van der Waals surface area contributed by atoms with Gasteiger partial charge in [0.15, 0.2) is 6.61 Å². The Morgan fingerprint density at radius 2 is 1.63 bits per heavy atom. The van der Waals surface area contributed by atoms with Crippen molar-refractivity contribution in [3.8, 4) is 0 Å². The van der Waals surface area contributed by atoms with Crippen LogP contribution in [0.15, 0.2) is 36.4 Å². The third-order valence-electron chi connectivity index (χ3n) is 4.40. The molecule has 0 aliphatic carbocycles. The summed E-state index contributed by atoms with van der Waals surface area (Å²) in [5.41, 5.74) is 5.17. The molecule has 27 heavy (non-hydrogen) atoms. The number of esters is 1. The number of benzene rings is 2. The molecular formula is C21H24N2O4. The Labute approximate surface area is 158 Å². The number of aryl methyl sites for hydroxylation is 3. The third-order valence-corrected chi connectivity index (χ3v) is 4.40. The summed E-state index contributed by atoms with van der Waals surface area (Å²) in [7, 11) is 0. The molecule has 0 fully saturated rings. The van der Waals surface area contributed by atoms with Gasteiger partial charge in [-0.25, -0.2) is 4.79 Å². The van der Waals surface area contributed by atoms with Crippen molar-refractivity contribution in [3.63, 3.8) is 0 Å². The molecule has 0 aliphatic rings. The van der Waals surface area contributed by atoms with Gasteiger partial charge >= 0.3 is 5.97 Å². The number of rotatable bonds is 6. The lowest BCUT2D eigenvalue weighted by atomic mass is 10.1. The molecule has 0 saturated heterocycles. The SMILES string of the molecule is Cc1ccc(C(=O)OCC(=O)NCC(=O)Nc2cccc(C)c2C)cc1C. The van der Waals surface area contributed by atoms with Gasteiger partial charge in [0.25, 0.3) is 5.91 Å². The smallest absolute Gasteiger partial charge is 0.338 e. The molecule has 2 amide bonds. The molecule has 0 bridgehead atoms. The molecule has 6 nitrogen and oxygen atoms in total. The fourth-order valence-corrected chi connectivity index (χ4v) is 2.39. The van der Waals surface area contributed by atoms with Crippen LogP contribution in [0.25, 0.3) is 0 Å². The lowest BCUT2D eigenvalue weighted by molar-refractivity contribution is -0.126. The zero-order valence-electron chi connectivity index (χ0n) is 16.0. The molecule has 0 saturated carbocycles. The number of hydrogen-bond donors (Lipinski definition) is 2. The standard InChI is InChI=1S/C21H24N2O4/c1-13-8-9-17(10-15(13)3)21(26)27-12-20(25)22-11-19(24)23-18-7-5-6-14(2)16(18)4/h5-10H,11-12H2,1-4H3,(H,22,25)(H,23,24). The molecule has 2 aromatic rings. The largest absolute Gasteiger partial charge is 0.452 e. The Morgan fingerprint density at radius 3 is 2.33 bits per heavy atom. The first-order valence-corrected chi connectivity index (χ1v) is 8.65. The molecule has 0 aromatic heterocycles. The van der Waals surface area contributed by atoms with Gasteiger partial charge in [-0.1, -0.05) is 18.2 Å². The van der Waals surface area contributed by atoms with E-state index in [1.807, 2.05) is 45.9 Å². The summed E-state index contributed by atoms with van der Waals surface area (Å²) in [6, 6.07) is 10.8. The predicted octanol–water partition coefficient (Wildman–Crippen LogP) is 2.83. The maximum atomic E-state index is 12.0. The molecular weight excluding hydrogens is 344 g/mol. The Kier molecular flexibility index (Phi) is 6.71. The molecule has 0 spiro atoms. The maximum Gasteiger partial charge on any atom is 0.338 e. The second kappa shape index (κ2) is 8.98. The van der Waals surface area contributed by atoms with E-state index in [1.165, 1.54) is 0 Å². The minimum atomic E-state index is -0.576. The Bertz CT molecular complexity index is 874. The second-order valence-corrected chi connectivity index (χ2v) is 6.45. The zero-order chi connectivity index (χ0) is 20.0. The normalized spacial score (nSPS) is 10.2. The van der Waals surface area contributed by atoms with Crippen molar-refractivity contribution < 1.29 is 19.1 Å². The number of carbonyl (C=O) groups excluding carboxylic acids is 3. The van der Waals surface area contributed by atoms with E-state index in [0.717, 1.165) is 22.3 Å². The van der Waals surface area contributed by atoms with E-state index in [1.54, 1.807) is 18.2 Å². The van der Waals surface area contributed by atoms with E-state index >= 15 is 0 Å². The van der Waals surface area contributed by atoms with Gasteiger partial charge in [-0.3, -0.25) is 9.59 Å². The fourth-order valence-electron chi connectivity index (χ4n) is 2.39. The average Bonchev–Trinajstić information content (AvgIpc) is 2.64. The summed E-state index contributed by atoms with van der Waals surface area (Å²) < 4.78 is 4.99. The zero-order valence-corrected chi connectivity index (χ0v) is 16.0. The molecule has 2 aromatic carbocycles. The Balaban J connectivity index is 1.78. The van der Waals surface area contributed by atoms with E-state index in [-0.39, 0.29) is 12.5 Å². The molecule has 142 valence electrons. The van der Waals surface area contributed by atoms with Crippen LogP contribution in [0, 0.1) is 27.7 Å². The highest BCUT2D eigenvalue weighted by molar-refractivity contribution is 5.96. The number of anilines is 1. The van der Waals surface area contributed by atoms with Crippen LogP contribution in [-0.4, -0.2) is 30.9 Å². The van der Waals surface area contributed by atoms with E-state index in [2.05, 4.69) is 10.6 Å². The highest BCUT2D eigenvalue weighted by Gasteiger charge is 2.12. The van der Waals surface area contributed by atoms with Crippen LogP contribution in [0.3, 0.4) is 0 Å². The quantitative estimate of drug-likeness (QED) is 0.768. The highest BCUT2D eigenvalue weighted by atomic mass is 16.5. The van der Waals surface area contributed by atoms with Crippen LogP contribution < -0.4 is 10.6 Å². The molecule has 0 aliphatic heterocycles. The first-order valence-electron chi connectivity index (χ1n) is 8.65. The lowest BCUT2D eigenvalue weighted by Crippen LogP contribution is -2.35. The minimum Gasteiger partial charge on any atom is -0.452 e. The van der Waals surface area contributed by atoms with Crippen molar-refractivity contribution >= 4 is 23.5 Å². The van der Waals surface area contributed by atoms with Crippen molar-refractivity contribution in [1.82, 2.24) is 5.32 Å². The van der Waals surface area contributed by atoms with Gasteiger partial charge in [-0.05, 0) is 68.1 Å². The summed E-state index contributed by atoms with van der Waals surface area (Å²) in [4.78, 5) is 35.8. The lowest BCUT2D eigenvalue weighted by Gasteiger charge is -2.11. The molecule has 0 atom stereocenters. The predicted molar refractivity (Wildman–Crippen MR) is 104 cm³/mol. The van der Waals surface area contributed by atoms with E-state index in [9.17, 15) is 14.4 Å². The summed E-state index contributed by atoms with van der Waals surface area (Å²) >= 11 is 0. The third kappa shape index (κ3) is 5.67. The highest BCUT2D eigenvalue weighted by Crippen LogP contribution is 2.17. The molecule has 6 heteroatoms. The van der Waals surface area contributed by atoms with Gasteiger partial charge in [-0.15, -0.1) is 0 Å². The molecule has 2 N–H and O–H groups in total. The fraction of sp³-hybridized carbons (Fsp3) is 0.286. The molecule has 0 heterocycles. The monoisotopic (exact) mass is 368 g/mol. The van der Waals surface area contributed by atoms with Crippen LogP contribution in [0.1, 0.15) is 32.6 Å². The van der Waals surface area contributed by atoms with E-state index in [4.69, 9.17) is 4.74 Å². The van der Waals surface area contributed by atoms with Crippen molar-refractivity contribution in [2.45, 2.75) is 27.7 Å². The van der Waals surface area contributed by atoms with Crippen LogP contribution in [-0.2, 0) is 14.3 Å².